The number of hydrogen-bond acceptors (Lipinski definition) is 0. The Kier molecular flexibility index (Phi) is 2.80. The molecule has 0 bridgehead atoms. The molecule has 1 nitrogen and oxygen atoms in total. The maximum Gasteiger partial charge on any atom is 0.0620 e. The zero-order chi connectivity index (χ0) is 18.9. The summed E-state index contributed by atoms with van der Waals surface area (Å²) in [5.74, 6) is 0. The van der Waals surface area contributed by atoms with Crippen LogP contribution in [0.3, 0.4) is 0 Å². The highest BCUT2D eigenvalue weighted by Gasteiger charge is 2.24. The molecule has 0 atom stereocenters. The van der Waals surface area contributed by atoms with Crippen LogP contribution in [0.2, 0.25) is 0 Å². The van der Waals surface area contributed by atoms with Gasteiger partial charge in [0.05, 0.1) is 16.7 Å². The van der Waals surface area contributed by atoms with E-state index in [4.69, 9.17) is 0 Å². The number of rotatable bonds is 0. The van der Waals surface area contributed by atoms with Crippen molar-refractivity contribution in [1.29, 1.82) is 0 Å². The molecule has 0 spiro atoms. The Morgan fingerprint density at radius 1 is 0.448 bits per heavy atom. The molecule has 0 saturated carbocycles. The number of nitrogens with zero attached hydrogens (tertiary/aromatic N) is 1. The van der Waals surface area contributed by atoms with Gasteiger partial charge in [-0.15, -0.1) is 0 Å². The van der Waals surface area contributed by atoms with E-state index in [9.17, 15) is 0 Å². The average Bonchev–Trinajstić information content (AvgIpc) is 3.06. The standard InChI is InChI=1S/C28H17N/c1-2-9-19-18(8-1)16-17-22-20-10-3-5-14-25(20)29-26-15-6-4-11-21(26)23-12-7-13-24(27(19)22)28(23)29/h1-17H. The molecule has 0 amide bonds. The molecule has 7 rings (SSSR count). The Balaban J connectivity index is 1.84. The number of aromatic nitrogens is 1. The zero-order valence-corrected chi connectivity index (χ0v) is 15.8. The minimum Gasteiger partial charge on any atom is -0.308 e. The molecule has 0 N–H and O–H groups in total. The summed E-state index contributed by atoms with van der Waals surface area (Å²) in [4.78, 5) is 0. The van der Waals surface area contributed by atoms with Crippen LogP contribution in [0.5, 0.6) is 0 Å². The zero-order valence-electron chi connectivity index (χ0n) is 15.8. The first-order chi connectivity index (χ1) is 14.4. The molecule has 1 heteroatoms. The molecule has 134 valence electrons. The number of hydrogen-bond donors (Lipinski definition) is 0. The molecular formula is C28H17N. The van der Waals surface area contributed by atoms with Gasteiger partial charge in [0.25, 0.3) is 0 Å². The molecule has 2 heterocycles. The van der Waals surface area contributed by atoms with E-state index >= 15 is 0 Å². The fourth-order valence-corrected chi connectivity index (χ4v) is 5.15. The van der Waals surface area contributed by atoms with Crippen molar-refractivity contribution in [3.05, 3.63) is 103 Å². The smallest absolute Gasteiger partial charge is 0.0620 e. The Morgan fingerprint density at radius 2 is 1.17 bits per heavy atom. The summed E-state index contributed by atoms with van der Waals surface area (Å²) in [5.41, 5.74) is 9.05. The molecule has 0 saturated heterocycles. The van der Waals surface area contributed by atoms with Gasteiger partial charge < -0.3 is 4.57 Å². The van der Waals surface area contributed by atoms with E-state index in [1.807, 2.05) is 0 Å². The predicted molar refractivity (Wildman–Crippen MR) is 123 cm³/mol. The van der Waals surface area contributed by atoms with E-state index < -0.39 is 0 Å². The molecule has 0 fully saturated rings. The fraction of sp³-hybridized carbons (Fsp3) is 0. The normalized spacial score (nSPS) is 12.1. The van der Waals surface area contributed by atoms with Crippen molar-refractivity contribution >= 4 is 32.6 Å². The van der Waals surface area contributed by atoms with Gasteiger partial charge in [-0.25, -0.2) is 0 Å². The molecule has 1 aliphatic rings. The minimum absolute atomic E-state index is 1.25. The largest absolute Gasteiger partial charge is 0.308 e. The molecule has 0 radical (unpaired) electrons. The van der Waals surface area contributed by atoms with Crippen LogP contribution in [-0.4, -0.2) is 4.57 Å². The van der Waals surface area contributed by atoms with E-state index in [1.54, 1.807) is 0 Å². The summed E-state index contributed by atoms with van der Waals surface area (Å²) in [6.45, 7) is 0. The molecule has 5 aromatic carbocycles. The van der Waals surface area contributed by atoms with Gasteiger partial charge in [0.1, 0.15) is 0 Å². The summed E-state index contributed by atoms with van der Waals surface area (Å²) in [6, 6.07) is 37.6. The van der Waals surface area contributed by atoms with E-state index in [1.165, 1.54) is 60.5 Å². The number of fused-ring (bicyclic) bond motifs is 10. The number of benzene rings is 5. The Hall–Kier alpha value is -3.84. The van der Waals surface area contributed by atoms with Crippen LogP contribution in [0.15, 0.2) is 103 Å². The van der Waals surface area contributed by atoms with Gasteiger partial charge in [0.15, 0.2) is 0 Å². The third kappa shape index (κ3) is 1.85. The quantitative estimate of drug-likeness (QED) is 0.260. The van der Waals surface area contributed by atoms with E-state index in [0.717, 1.165) is 0 Å². The van der Waals surface area contributed by atoms with E-state index in [-0.39, 0.29) is 0 Å². The Bertz CT molecular complexity index is 1600. The van der Waals surface area contributed by atoms with Crippen molar-refractivity contribution in [2.45, 2.75) is 0 Å². The summed E-state index contributed by atoms with van der Waals surface area (Å²) in [7, 11) is 0. The highest BCUT2D eigenvalue weighted by molar-refractivity contribution is 6.19. The third-order valence-electron chi connectivity index (χ3n) is 6.33. The van der Waals surface area contributed by atoms with Crippen molar-refractivity contribution in [2.75, 3.05) is 0 Å². The molecule has 0 aliphatic carbocycles. The molecule has 29 heavy (non-hydrogen) atoms. The Labute approximate surface area is 168 Å². The summed E-state index contributed by atoms with van der Waals surface area (Å²) in [5, 5.41) is 5.22. The predicted octanol–water partition coefficient (Wildman–Crippen LogP) is 7.58. The Morgan fingerprint density at radius 3 is 2.14 bits per heavy atom. The average molecular weight is 367 g/mol. The van der Waals surface area contributed by atoms with Crippen LogP contribution in [0.25, 0.3) is 60.5 Å². The first kappa shape index (κ1) is 15.1. The second-order valence-electron chi connectivity index (χ2n) is 7.78. The SMILES string of the molecule is c1ccc2c(c1)-c1ccc3ccccc3c1-c1cccc3c4ccccc4n-2c13. The molecule has 0 unspecified atom stereocenters. The highest BCUT2D eigenvalue weighted by atomic mass is 15.0. The topological polar surface area (TPSA) is 4.93 Å². The molecular weight excluding hydrogens is 350 g/mol. The second-order valence-corrected chi connectivity index (χ2v) is 7.78. The van der Waals surface area contributed by atoms with Crippen molar-refractivity contribution in [3.8, 4) is 27.9 Å². The molecule has 1 aliphatic heterocycles. The van der Waals surface area contributed by atoms with Gasteiger partial charge in [-0.05, 0) is 34.0 Å². The number of para-hydroxylation sites is 3. The molecule has 1 aromatic heterocycles. The fourth-order valence-electron chi connectivity index (χ4n) is 5.15. The maximum atomic E-state index is 2.46. The first-order valence-corrected chi connectivity index (χ1v) is 10.1. The van der Waals surface area contributed by atoms with Crippen molar-refractivity contribution in [2.24, 2.45) is 0 Å². The van der Waals surface area contributed by atoms with Crippen molar-refractivity contribution in [3.63, 3.8) is 0 Å². The van der Waals surface area contributed by atoms with Gasteiger partial charge in [0.2, 0.25) is 0 Å². The van der Waals surface area contributed by atoms with Crippen LogP contribution in [-0.2, 0) is 0 Å². The van der Waals surface area contributed by atoms with E-state index in [2.05, 4.69) is 108 Å². The third-order valence-corrected chi connectivity index (χ3v) is 6.33. The maximum absolute atomic E-state index is 2.46. The van der Waals surface area contributed by atoms with Gasteiger partial charge in [0, 0.05) is 21.9 Å². The van der Waals surface area contributed by atoms with Gasteiger partial charge in [-0.1, -0.05) is 91.0 Å². The minimum atomic E-state index is 1.25. The lowest BCUT2D eigenvalue weighted by Gasteiger charge is -2.14. The van der Waals surface area contributed by atoms with Crippen LogP contribution in [0.1, 0.15) is 0 Å². The van der Waals surface area contributed by atoms with Gasteiger partial charge in [-0.3, -0.25) is 0 Å². The lowest BCUT2D eigenvalue weighted by Crippen LogP contribution is -1.95. The first-order valence-electron chi connectivity index (χ1n) is 10.1. The van der Waals surface area contributed by atoms with Crippen LogP contribution >= 0.6 is 0 Å². The molecule has 6 aromatic rings. The van der Waals surface area contributed by atoms with Gasteiger partial charge in [-0.2, -0.15) is 0 Å². The lowest BCUT2D eigenvalue weighted by atomic mass is 9.89. The second kappa shape index (κ2) is 5.36. The van der Waals surface area contributed by atoms with Crippen LogP contribution < -0.4 is 0 Å². The van der Waals surface area contributed by atoms with Crippen LogP contribution in [0.4, 0.5) is 0 Å². The lowest BCUT2D eigenvalue weighted by molar-refractivity contribution is 1.19. The van der Waals surface area contributed by atoms with Crippen LogP contribution in [0, 0.1) is 0 Å². The van der Waals surface area contributed by atoms with Crippen molar-refractivity contribution in [1.82, 2.24) is 4.57 Å². The highest BCUT2D eigenvalue weighted by Crippen LogP contribution is 2.48. The summed E-state index contributed by atoms with van der Waals surface area (Å²) >= 11 is 0. The van der Waals surface area contributed by atoms with E-state index in [0.29, 0.717) is 0 Å². The monoisotopic (exact) mass is 367 g/mol. The summed E-state index contributed by atoms with van der Waals surface area (Å²) in [6.07, 6.45) is 0. The summed E-state index contributed by atoms with van der Waals surface area (Å²) < 4.78 is 2.46. The van der Waals surface area contributed by atoms with Crippen molar-refractivity contribution < 1.29 is 0 Å². The van der Waals surface area contributed by atoms with Gasteiger partial charge >= 0.3 is 0 Å².